The number of nitrogens with zero attached hydrogens (tertiary/aromatic N) is 2. The molecular weight excluding hydrogens is 310 g/mol. The number of benzene rings is 1. The molecule has 1 aliphatic heterocycles. The van der Waals surface area contributed by atoms with Crippen LogP contribution in [0.4, 0.5) is 11.6 Å². The van der Waals surface area contributed by atoms with E-state index in [0.717, 1.165) is 36.0 Å². The van der Waals surface area contributed by atoms with Gasteiger partial charge in [-0.3, -0.25) is 4.79 Å². The molecule has 1 aliphatic rings. The van der Waals surface area contributed by atoms with Gasteiger partial charge in [0.15, 0.2) is 0 Å². The maximum absolute atomic E-state index is 12.6. The van der Waals surface area contributed by atoms with Crippen LogP contribution in [0.15, 0.2) is 42.5 Å². The van der Waals surface area contributed by atoms with E-state index in [2.05, 4.69) is 24.1 Å². The zero-order valence-electron chi connectivity index (χ0n) is 15.3. The van der Waals surface area contributed by atoms with E-state index in [-0.39, 0.29) is 11.8 Å². The lowest BCUT2D eigenvalue weighted by atomic mass is 9.99. The predicted octanol–water partition coefficient (Wildman–Crippen LogP) is 4.37. The van der Waals surface area contributed by atoms with Gasteiger partial charge in [-0.05, 0) is 49.8 Å². The molecule has 0 radical (unpaired) electrons. The van der Waals surface area contributed by atoms with Gasteiger partial charge in [-0.25, -0.2) is 4.98 Å². The molecule has 132 valence electrons. The lowest BCUT2D eigenvalue weighted by molar-refractivity contribution is -0.117. The Hall–Kier alpha value is -2.36. The fourth-order valence-electron chi connectivity index (χ4n) is 3.26. The number of anilines is 2. The summed E-state index contributed by atoms with van der Waals surface area (Å²) in [6.45, 7) is 8.38. The maximum atomic E-state index is 12.6. The molecule has 3 rings (SSSR count). The van der Waals surface area contributed by atoms with Crippen molar-refractivity contribution in [3.63, 3.8) is 0 Å². The quantitative estimate of drug-likeness (QED) is 0.901. The van der Waals surface area contributed by atoms with Gasteiger partial charge in [-0.1, -0.05) is 43.3 Å². The SMILES string of the molecule is Cc1ccc(NC(=O)[C@H](C)c2ccccc2)nc1N1CCC(C)CC1. The first-order chi connectivity index (χ1) is 12.0. The minimum atomic E-state index is -0.205. The molecule has 25 heavy (non-hydrogen) atoms. The Labute approximate surface area is 150 Å². The number of aryl methyl sites for hydroxylation is 1. The van der Waals surface area contributed by atoms with Crippen molar-refractivity contribution in [2.24, 2.45) is 5.92 Å². The Balaban J connectivity index is 1.72. The van der Waals surface area contributed by atoms with Gasteiger partial charge in [0, 0.05) is 13.1 Å². The van der Waals surface area contributed by atoms with Gasteiger partial charge in [-0.15, -0.1) is 0 Å². The molecule has 2 heterocycles. The topological polar surface area (TPSA) is 45.2 Å². The summed E-state index contributed by atoms with van der Waals surface area (Å²) in [4.78, 5) is 19.6. The summed E-state index contributed by atoms with van der Waals surface area (Å²) >= 11 is 0. The first-order valence-electron chi connectivity index (χ1n) is 9.13. The Morgan fingerprint density at radius 3 is 2.52 bits per heavy atom. The summed E-state index contributed by atoms with van der Waals surface area (Å²) in [6, 6.07) is 13.8. The highest BCUT2D eigenvalue weighted by atomic mass is 16.1. The summed E-state index contributed by atoms with van der Waals surface area (Å²) in [5.41, 5.74) is 2.17. The van der Waals surface area contributed by atoms with E-state index in [9.17, 15) is 4.79 Å². The first kappa shape index (κ1) is 17.5. The Morgan fingerprint density at radius 1 is 1.16 bits per heavy atom. The number of hydrogen-bond acceptors (Lipinski definition) is 3. The van der Waals surface area contributed by atoms with Gasteiger partial charge < -0.3 is 10.2 Å². The molecule has 0 unspecified atom stereocenters. The number of pyridine rings is 1. The summed E-state index contributed by atoms with van der Waals surface area (Å²) < 4.78 is 0. The smallest absolute Gasteiger partial charge is 0.232 e. The number of nitrogens with one attached hydrogen (secondary N) is 1. The zero-order valence-corrected chi connectivity index (χ0v) is 15.3. The van der Waals surface area contributed by atoms with Crippen LogP contribution in [0.25, 0.3) is 0 Å². The average Bonchev–Trinajstić information content (AvgIpc) is 2.64. The molecule has 4 nitrogen and oxygen atoms in total. The molecule has 1 atom stereocenters. The van der Waals surface area contributed by atoms with Gasteiger partial charge >= 0.3 is 0 Å². The molecule has 0 spiro atoms. The third kappa shape index (κ3) is 4.19. The first-order valence-corrected chi connectivity index (χ1v) is 9.13. The van der Waals surface area contributed by atoms with Crippen LogP contribution in [0, 0.1) is 12.8 Å². The largest absolute Gasteiger partial charge is 0.356 e. The highest BCUT2D eigenvalue weighted by Gasteiger charge is 2.20. The molecule has 1 saturated heterocycles. The number of carbonyl (C=O) groups excluding carboxylic acids is 1. The van der Waals surface area contributed by atoms with E-state index in [1.165, 1.54) is 12.8 Å². The van der Waals surface area contributed by atoms with Crippen LogP contribution < -0.4 is 10.2 Å². The average molecular weight is 337 g/mol. The molecule has 2 aromatic rings. The van der Waals surface area contributed by atoms with Crippen molar-refractivity contribution in [2.45, 2.75) is 39.5 Å². The van der Waals surface area contributed by atoms with Crippen molar-refractivity contribution >= 4 is 17.5 Å². The van der Waals surface area contributed by atoms with Gasteiger partial charge in [-0.2, -0.15) is 0 Å². The number of hydrogen-bond donors (Lipinski definition) is 1. The highest BCUT2D eigenvalue weighted by Crippen LogP contribution is 2.26. The van der Waals surface area contributed by atoms with Gasteiger partial charge in [0.1, 0.15) is 11.6 Å². The second-order valence-electron chi connectivity index (χ2n) is 7.13. The summed E-state index contributed by atoms with van der Waals surface area (Å²) in [6.07, 6.45) is 2.39. The van der Waals surface area contributed by atoms with Gasteiger partial charge in [0.05, 0.1) is 5.92 Å². The number of amides is 1. The third-order valence-corrected chi connectivity index (χ3v) is 5.10. The van der Waals surface area contributed by atoms with Crippen molar-refractivity contribution < 1.29 is 4.79 Å². The molecule has 1 N–H and O–H groups in total. The van der Waals surface area contributed by atoms with Crippen molar-refractivity contribution in [3.05, 3.63) is 53.6 Å². The lowest BCUT2D eigenvalue weighted by Crippen LogP contribution is -2.34. The van der Waals surface area contributed by atoms with Gasteiger partial charge in [0.25, 0.3) is 0 Å². The molecular formula is C21H27N3O. The van der Waals surface area contributed by atoms with E-state index < -0.39 is 0 Å². The van der Waals surface area contributed by atoms with Crippen LogP contribution in [0.2, 0.25) is 0 Å². The fourth-order valence-corrected chi connectivity index (χ4v) is 3.26. The van der Waals surface area contributed by atoms with Crippen molar-refractivity contribution in [2.75, 3.05) is 23.3 Å². The van der Waals surface area contributed by atoms with Crippen molar-refractivity contribution in [1.29, 1.82) is 0 Å². The Bertz CT molecular complexity index is 721. The van der Waals surface area contributed by atoms with Crippen LogP contribution in [-0.2, 0) is 4.79 Å². The molecule has 0 aliphatic carbocycles. The van der Waals surface area contributed by atoms with Crippen LogP contribution in [-0.4, -0.2) is 24.0 Å². The van der Waals surface area contributed by atoms with E-state index in [4.69, 9.17) is 4.98 Å². The second-order valence-corrected chi connectivity index (χ2v) is 7.13. The molecule has 1 aromatic heterocycles. The van der Waals surface area contributed by atoms with Crippen LogP contribution in [0.5, 0.6) is 0 Å². The third-order valence-electron chi connectivity index (χ3n) is 5.10. The summed E-state index contributed by atoms with van der Waals surface area (Å²) in [7, 11) is 0. The standard InChI is InChI=1S/C21H27N3O/c1-15-11-13-24(14-12-15)20-16(2)9-10-19(22-20)23-21(25)17(3)18-7-5-4-6-8-18/h4-10,15,17H,11-14H2,1-3H3,(H,22,23,25)/t17-/m1/s1. The monoisotopic (exact) mass is 337 g/mol. The summed E-state index contributed by atoms with van der Waals surface area (Å²) in [5, 5.41) is 2.98. The molecule has 1 aromatic carbocycles. The minimum absolute atomic E-state index is 0.0271. The zero-order chi connectivity index (χ0) is 17.8. The van der Waals surface area contributed by atoms with Crippen molar-refractivity contribution in [3.8, 4) is 0 Å². The molecule has 4 heteroatoms. The van der Waals surface area contributed by atoms with Crippen LogP contribution in [0.3, 0.4) is 0 Å². The predicted molar refractivity (Wildman–Crippen MR) is 103 cm³/mol. The van der Waals surface area contributed by atoms with Gasteiger partial charge in [0.2, 0.25) is 5.91 Å². The van der Waals surface area contributed by atoms with Crippen LogP contribution in [0.1, 0.15) is 43.7 Å². The van der Waals surface area contributed by atoms with E-state index >= 15 is 0 Å². The van der Waals surface area contributed by atoms with E-state index in [1.54, 1.807) is 0 Å². The Kier molecular flexibility index (Phi) is 5.37. The molecule has 1 fully saturated rings. The fraction of sp³-hybridized carbons (Fsp3) is 0.429. The van der Waals surface area contributed by atoms with Crippen LogP contribution >= 0.6 is 0 Å². The lowest BCUT2D eigenvalue weighted by Gasteiger charge is -2.32. The van der Waals surface area contributed by atoms with Crippen molar-refractivity contribution in [1.82, 2.24) is 4.98 Å². The Morgan fingerprint density at radius 2 is 1.84 bits per heavy atom. The number of aromatic nitrogens is 1. The minimum Gasteiger partial charge on any atom is -0.356 e. The normalized spacial score (nSPS) is 16.5. The molecule has 0 saturated carbocycles. The molecule has 0 bridgehead atoms. The number of piperidine rings is 1. The second kappa shape index (κ2) is 7.68. The number of carbonyl (C=O) groups is 1. The van der Waals surface area contributed by atoms with E-state index in [1.807, 2.05) is 49.4 Å². The number of rotatable bonds is 4. The van der Waals surface area contributed by atoms with E-state index in [0.29, 0.717) is 5.82 Å². The highest BCUT2D eigenvalue weighted by molar-refractivity contribution is 5.95. The maximum Gasteiger partial charge on any atom is 0.232 e. The molecule has 1 amide bonds. The summed E-state index contributed by atoms with van der Waals surface area (Å²) in [5.74, 6) is 2.18.